The zero-order valence-corrected chi connectivity index (χ0v) is 24.3. The summed E-state index contributed by atoms with van der Waals surface area (Å²) in [5.41, 5.74) is 1.03. The van der Waals surface area contributed by atoms with Gasteiger partial charge in [0.2, 0.25) is 0 Å². The fraction of sp³-hybridized carbons (Fsp3) is 0.742. The van der Waals surface area contributed by atoms with E-state index in [1.165, 1.54) is 12.8 Å². The van der Waals surface area contributed by atoms with E-state index in [-0.39, 0.29) is 35.9 Å². The standard InChI is InChI=1S/C31H48N4O4/c1-22(2)35-30(37)33(20-24-13-16-38-17-14-24)21-31(35)18-26-10-11-27(19-31)34(26)15-12-28(25-8-6-5-7-9-25)32-29(36)39-23(3)4/h5-9,22-24,26-28H,10-21H2,1-4H3,(H,32,36)/t26?,27?,28-,31?/m0/s1. The van der Waals surface area contributed by atoms with Crippen molar-refractivity contribution >= 4 is 12.1 Å². The molecule has 8 heteroatoms. The van der Waals surface area contributed by atoms with Crippen LogP contribution < -0.4 is 5.32 Å². The van der Waals surface area contributed by atoms with Gasteiger partial charge in [-0.15, -0.1) is 0 Å². The van der Waals surface area contributed by atoms with E-state index in [0.29, 0.717) is 18.0 Å². The van der Waals surface area contributed by atoms with Gasteiger partial charge in [0.1, 0.15) is 0 Å². The molecule has 2 unspecified atom stereocenters. The second kappa shape index (κ2) is 12.0. The lowest BCUT2D eigenvalue weighted by atomic mass is 9.81. The van der Waals surface area contributed by atoms with Crippen LogP contribution in [0.2, 0.25) is 0 Å². The molecule has 4 aliphatic rings. The molecule has 1 aromatic carbocycles. The lowest BCUT2D eigenvalue weighted by Gasteiger charge is -2.49. The summed E-state index contributed by atoms with van der Waals surface area (Å²) in [5.74, 6) is 0.550. The van der Waals surface area contributed by atoms with Crippen LogP contribution >= 0.6 is 0 Å². The highest BCUT2D eigenvalue weighted by molar-refractivity contribution is 5.78. The van der Waals surface area contributed by atoms with Gasteiger partial charge in [-0.1, -0.05) is 30.3 Å². The first kappa shape index (κ1) is 28.2. The molecular formula is C31H48N4O4. The zero-order valence-electron chi connectivity index (χ0n) is 24.3. The number of alkyl carbamates (subject to hydrolysis) is 1. The molecule has 4 saturated heterocycles. The average Bonchev–Trinajstić information content (AvgIpc) is 3.30. The molecular weight excluding hydrogens is 492 g/mol. The van der Waals surface area contributed by atoms with Gasteiger partial charge in [-0.2, -0.15) is 0 Å². The number of rotatable bonds is 9. The number of piperidine rings is 1. The SMILES string of the molecule is CC(C)OC(=O)N[C@@H](CCN1C2CCC1CC1(C2)CN(CC2CCOCC2)C(=O)N1C(C)C)c1ccccc1. The number of benzene rings is 1. The topological polar surface area (TPSA) is 74.4 Å². The number of ether oxygens (including phenoxy) is 2. The lowest BCUT2D eigenvalue weighted by molar-refractivity contribution is 0.0144. The van der Waals surface area contributed by atoms with Gasteiger partial charge in [0.25, 0.3) is 0 Å². The molecule has 2 bridgehead atoms. The highest BCUT2D eigenvalue weighted by Gasteiger charge is 2.57. The number of urea groups is 1. The molecule has 216 valence electrons. The van der Waals surface area contributed by atoms with Crippen molar-refractivity contribution in [2.24, 2.45) is 5.92 Å². The van der Waals surface area contributed by atoms with E-state index in [9.17, 15) is 9.59 Å². The second-order valence-electron chi connectivity index (χ2n) is 12.8. The summed E-state index contributed by atoms with van der Waals surface area (Å²) in [6.45, 7) is 12.4. The van der Waals surface area contributed by atoms with E-state index in [4.69, 9.17) is 9.47 Å². The van der Waals surface area contributed by atoms with Crippen molar-refractivity contribution in [3.05, 3.63) is 35.9 Å². The molecule has 5 rings (SSSR count). The van der Waals surface area contributed by atoms with Crippen molar-refractivity contribution in [3.8, 4) is 0 Å². The quantitative estimate of drug-likeness (QED) is 0.467. The van der Waals surface area contributed by atoms with Gasteiger partial charge in [0.05, 0.1) is 17.7 Å². The average molecular weight is 541 g/mol. The van der Waals surface area contributed by atoms with Crippen LogP contribution in [0, 0.1) is 5.92 Å². The van der Waals surface area contributed by atoms with Crippen LogP contribution in [0.1, 0.15) is 84.2 Å². The van der Waals surface area contributed by atoms with Crippen molar-refractivity contribution in [1.82, 2.24) is 20.0 Å². The van der Waals surface area contributed by atoms with E-state index in [0.717, 1.165) is 70.5 Å². The predicted molar refractivity (Wildman–Crippen MR) is 152 cm³/mol. The number of nitrogens with one attached hydrogen (secondary N) is 1. The van der Waals surface area contributed by atoms with E-state index in [2.05, 4.69) is 46.0 Å². The van der Waals surface area contributed by atoms with Gasteiger partial charge >= 0.3 is 12.1 Å². The molecule has 1 N–H and O–H groups in total. The number of hydrogen-bond donors (Lipinski definition) is 1. The van der Waals surface area contributed by atoms with Crippen molar-refractivity contribution < 1.29 is 19.1 Å². The maximum atomic E-state index is 13.7. The fourth-order valence-electron chi connectivity index (χ4n) is 7.79. The van der Waals surface area contributed by atoms with Crippen molar-refractivity contribution in [1.29, 1.82) is 0 Å². The molecule has 8 nitrogen and oxygen atoms in total. The number of nitrogens with zero attached hydrogens (tertiary/aromatic N) is 3. The van der Waals surface area contributed by atoms with E-state index < -0.39 is 0 Å². The summed E-state index contributed by atoms with van der Waals surface area (Å²) >= 11 is 0. The van der Waals surface area contributed by atoms with Gasteiger partial charge in [0, 0.05) is 51.0 Å². The normalized spacial score (nSPS) is 28.6. The minimum Gasteiger partial charge on any atom is -0.447 e. The van der Waals surface area contributed by atoms with Crippen LogP contribution in [0.5, 0.6) is 0 Å². The Balaban J connectivity index is 1.26. The molecule has 3 atom stereocenters. The van der Waals surface area contributed by atoms with Crippen LogP contribution in [0.3, 0.4) is 0 Å². The number of carbonyl (C=O) groups excluding carboxylic acids is 2. The molecule has 39 heavy (non-hydrogen) atoms. The molecule has 1 spiro atoms. The Labute approximate surface area is 234 Å². The third-order valence-electron chi connectivity index (χ3n) is 9.32. The highest BCUT2D eigenvalue weighted by Crippen LogP contribution is 2.48. The van der Waals surface area contributed by atoms with Crippen LogP contribution in [-0.2, 0) is 9.47 Å². The summed E-state index contributed by atoms with van der Waals surface area (Å²) in [6.07, 6.45) is 6.88. The molecule has 4 fully saturated rings. The molecule has 4 heterocycles. The number of fused-ring (bicyclic) bond motifs is 2. The Kier molecular flexibility index (Phi) is 8.72. The third-order valence-corrected chi connectivity index (χ3v) is 9.32. The van der Waals surface area contributed by atoms with Gasteiger partial charge in [0.15, 0.2) is 0 Å². The first-order valence-electron chi connectivity index (χ1n) is 15.2. The van der Waals surface area contributed by atoms with Gasteiger partial charge in [-0.25, -0.2) is 9.59 Å². The Hall–Kier alpha value is -2.32. The summed E-state index contributed by atoms with van der Waals surface area (Å²) < 4.78 is 11.0. The van der Waals surface area contributed by atoms with Crippen LogP contribution in [0.4, 0.5) is 9.59 Å². The third kappa shape index (κ3) is 6.22. The summed E-state index contributed by atoms with van der Waals surface area (Å²) in [7, 11) is 0. The Morgan fingerprint density at radius 2 is 1.72 bits per heavy atom. The smallest absolute Gasteiger partial charge is 0.407 e. The van der Waals surface area contributed by atoms with Crippen LogP contribution in [0.25, 0.3) is 0 Å². The van der Waals surface area contributed by atoms with Gasteiger partial charge < -0.3 is 24.6 Å². The molecule has 0 aliphatic carbocycles. The first-order valence-corrected chi connectivity index (χ1v) is 15.2. The molecule has 0 radical (unpaired) electrons. The molecule has 3 amide bonds. The monoisotopic (exact) mass is 540 g/mol. The zero-order chi connectivity index (χ0) is 27.6. The van der Waals surface area contributed by atoms with Crippen molar-refractivity contribution in [2.75, 3.05) is 32.8 Å². The predicted octanol–water partition coefficient (Wildman–Crippen LogP) is 5.19. The summed E-state index contributed by atoms with van der Waals surface area (Å²) in [4.78, 5) is 33.3. The van der Waals surface area contributed by atoms with E-state index in [1.807, 2.05) is 32.0 Å². The highest BCUT2D eigenvalue weighted by atomic mass is 16.6. The van der Waals surface area contributed by atoms with Gasteiger partial charge in [-0.3, -0.25) is 4.90 Å². The minimum atomic E-state index is -0.360. The van der Waals surface area contributed by atoms with Gasteiger partial charge in [-0.05, 0) is 84.1 Å². The van der Waals surface area contributed by atoms with Crippen molar-refractivity contribution in [3.63, 3.8) is 0 Å². The molecule has 4 aliphatic heterocycles. The van der Waals surface area contributed by atoms with Crippen LogP contribution in [0.15, 0.2) is 30.3 Å². The number of carbonyl (C=O) groups is 2. The maximum absolute atomic E-state index is 13.7. The maximum Gasteiger partial charge on any atom is 0.407 e. The largest absolute Gasteiger partial charge is 0.447 e. The Bertz CT molecular complexity index is 966. The molecule has 0 saturated carbocycles. The molecule has 0 aromatic heterocycles. The first-order chi connectivity index (χ1) is 18.8. The number of amides is 3. The number of hydrogen-bond acceptors (Lipinski definition) is 5. The summed E-state index contributed by atoms with van der Waals surface area (Å²) in [5, 5.41) is 3.12. The van der Waals surface area contributed by atoms with Crippen molar-refractivity contribution in [2.45, 2.75) is 108 Å². The van der Waals surface area contributed by atoms with E-state index in [1.54, 1.807) is 0 Å². The fourth-order valence-corrected chi connectivity index (χ4v) is 7.79. The molecule has 1 aromatic rings. The Morgan fingerprint density at radius 1 is 1.05 bits per heavy atom. The van der Waals surface area contributed by atoms with E-state index >= 15 is 0 Å². The van der Waals surface area contributed by atoms with Crippen LogP contribution in [-0.4, -0.2) is 89.4 Å². The lowest BCUT2D eigenvalue weighted by Crippen LogP contribution is -2.60. The minimum absolute atomic E-state index is 0.0725. The Morgan fingerprint density at radius 3 is 2.33 bits per heavy atom. The summed E-state index contributed by atoms with van der Waals surface area (Å²) in [6, 6.07) is 11.5. The second-order valence-corrected chi connectivity index (χ2v) is 12.8.